The number of benzene rings is 1. The monoisotopic (exact) mass is 216 g/mol. The number of hydrogen-bond donors (Lipinski definition) is 1. The van der Waals surface area contributed by atoms with Crippen LogP contribution in [0.4, 0.5) is 5.69 Å². The Morgan fingerprint density at radius 3 is 2.75 bits per heavy atom. The molecule has 1 aromatic heterocycles. The Hall–Kier alpha value is -1.84. The lowest BCUT2D eigenvalue weighted by Gasteiger charge is -2.11. The van der Waals surface area contributed by atoms with Crippen LogP contribution in [0.25, 0.3) is 11.4 Å². The van der Waals surface area contributed by atoms with Gasteiger partial charge in [-0.2, -0.15) is 0 Å². The molecule has 0 aliphatic carbocycles. The highest BCUT2D eigenvalue weighted by molar-refractivity contribution is 5.72. The van der Waals surface area contributed by atoms with E-state index in [0.717, 1.165) is 17.1 Å². The van der Waals surface area contributed by atoms with Gasteiger partial charge in [-0.05, 0) is 32.9 Å². The standard InChI is InChI=1S/C12H16N4/c1-8(2)16-7-14-15-12(16)10-6-9(3)4-5-11(10)13/h4-8H,13H2,1-3H3. The number of anilines is 1. The second-order valence-corrected chi connectivity index (χ2v) is 4.25. The van der Waals surface area contributed by atoms with Gasteiger partial charge < -0.3 is 10.3 Å². The largest absolute Gasteiger partial charge is 0.398 e. The molecule has 0 radical (unpaired) electrons. The third-order valence-electron chi connectivity index (χ3n) is 2.58. The third-order valence-corrected chi connectivity index (χ3v) is 2.58. The molecule has 4 nitrogen and oxygen atoms in total. The summed E-state index contributed by atoms with van der Waals surface area (Å²) in [5.41, 5.74) is 8.82. The van der Waals surface area contributed by atoms with E-state index in [2.05, 4.69) is 24.0 Å². The van der Waals surface area contributed by atoms with E-state index in [1.54, 1.807) is 6.33 Å². The molecule has 0 aliphatic heterocycles. The van der Waals surface area contributed by atoms with Crippen molar-refractivity contribution >= 4 is 5.69 Å². The first-order valence-corrected chi connectivity index (χ1v) is 5.35. The van der Waals surface area contributed by atoms with Gasteiger partial charge in [0.2, 0.25) is 0 Å². The smallest absolute Gasteiger partial charge is 0.166 e. The molecule has 2 aromatic rings. The zero-order valence-corrected chi connectivity index (χ0v) is 9.81. The van der Waals surface area contributed by atoms with Crippen LogP contribution in [-0.4, -0.2) is 14.8 Å². The van der Waals surface area contributed by atoms with Crippen molar-refractivity contribution in [1.29, 1.82) is 0 Å². The predicted octanol–water partition coefficient (Wildman–Crippen LogP) is 2.42. The molecule has 0 bridgehead atoms. The molecule has 0 saturated heterocycles. The quantitative estimate of drug-likeness (QED) is 0.784. The molecule has 1 heterocycles. The van der Waals surface area contributed by atoms with Gasteiger partial charge in [0.25, 0.3) is 0 Å². The van der Waals surface area contributed by atoms with Crippen molar-refractivity contribution in [2.75, 3.05) is 5.73 Å². The maximum atomic E-state index is 5.97. The van der Waals surface area contributed by atoms with Crippen LogP contribution in [0.2, 0.25) is 0 Å². The van der Waals surface area contributed by atoms with Gasteiger partial charge in [-0.15, -0.1) is 10.2 Å². The molecule has 0 atom stereocenters. The fourth-order valence-corrected chi connectivity index (χ4v) is 1.68. The van der Waals surface area contributed by atoms with Crippen molar-refractivity contribution in [3.05, 3.63) is 30.1 Å². The molecular formula is C12H16N4. The number of nitrogens with two attached hydrogens (primary N) is 1. The minimum absolute atomic E-state index is 0.324. The Morgan fingerprint density at radius 2 is 2.06 bits per heavy atom. The average molecular weight is 216 g/mol. The second kappa shape index (κ2) is 3.96. The average Bonchev–Trinajstić information content (AvgIpc) is 2.70. The first-order valence-electron chi connectivity index (χ1n) is 5.35. The summed E-state index contributed by atoms with van der Waals surface area (Å²) in [6.07, 6.45) is 1.74. The lowest BCUT2D eigenvalue weighted by Crippen LogP contribution is -2.03. The number of aryl methyl sites for hydroxylation is 1. The van der Waals surface area contributed by atoms with E-state index in [-0.39, 0.29) is 0 Å². The fourth-order valence-electron chi connectivity index (χ4n) is 1.68. The Labute approximate surface area is 95.1 Å². The molecule has 2 rings (SSSR count). The fraction of sp³-hybridized carbons (Fsp3) is 0.333. The minimum Gasteiger partial charge on any atom is -0.398 e. The summed E-state index contributed by atoms with van der Waals surface area (Å²) in [7, 11) is 0. The van der Waals surface area contributed by atoms with E-state index in [9.17, 15) is 0 Å². The normalized spacial score (nSPS) is 11.0. The highest BCUT2D eigenvalue weighted by Gasteiger charge is 2.12. The van der Waals surface area contributed by atoms with E-state index in [1.807, 2.05) is 29.7 Å². The highest BCUT2D eigenvalue weighted by Crippen LogP contribution is 2.26. The Balaban J connectivity index is 2.58. The Bertz CT molecular complexity index is 499. The zero-order valence-electron chi connectivity index (χ0n) is 9.81. The number of hydrogen-bond acceptors (Lipinski definition) is 3. The lowest BCUT2D eigenvalue weighted by molar-refractivity contribution is 0.604. The van der Waals surface area contributed by atoms with Crippen LogP contribution in [-0.2, 0) is 0 Å². The number of rotatable bonds is 2. The summed E-state index contributed by atoms with van der Waals surface area (Å²) >= 11 is 0. The SMILES string of the molecule is Cc1ccc(N)c(-c2nncn2C(C)C)c1. The molecule has 0 unspecified atom stereocenters. The molecule has 0 saturated carbocycles. The second-order valence-electron chi connectivity index (χ2n) is 4.25. The van der Waals surface area contributed by atoms with Crippen molar-refractivity contribution in [2.45, 2.75) is 26.8 Å². The van der Waals surface area contributed by atoms with Crippen molar-refractivity contribution in [2.24, 2.45) is 0 Å². The molecule has 0 fully saturated rings. The highest BCUT2D eigenvalue weighted by atomic mass is 15.3. The van der Waals surface area contributed by atoms with E-state index in [1.165, 1.54) is 5.56 Å². The molecule has 16 heavy (non-hydrogen) atoms. The van der Waals surface area contributed by atoms with Crippen LogP contribution in [0.1, 0.15) is 25.5 Å². The summed E-state index contributed by atoms with van der Waals surface area (Å²) in [6.45, 7) is 6.23. The van der Waals surface area contributed by atoms with Crippen LogP contribution in [0, 0.1) is 6.92 Å². The molecule has 84 valence electrons. The van der Waals surface area contributed by atoms with Gasteiger partial charge in [-0.25, -0.2) is 0 Å². The van der Waals surface area contributed by atoms with Gasteiger partial charge in [0.05, 0.1) is 0 Å². The molecule has 2 N–H and O–H groups in total. The van der Waals surface area contributed by atoms with E-state index in [4.69, 9.17) is 5.73 Å². The molecule has 0 aliphatic rings. The summed E-state index contributed by atoms with van der Waals surface area (Å²) in [4.78, 5) is 0. The van der Waals surface area contributed by atoms with Gasteiger partial charge in [0.15, 0.2) is 5.82 Å². The van der Waals surface area contributed by atoms with Gasteiger partial charge in [0, 0.05) is 17.3 Å². The Kier molecular flexibility index (Phi) is 2.64. The molecule has 0 amide bonds. The summed E-state index contributed by atoms with van der Waals surface area (Å²) in [5, 5.41) is 8.09. The molecule has 0 spiro atoms. The van der Waals surface area contributed by atoms with Crippen molar-refractivity contribution in [3.63, 3.8) is 0 Å². The van der Waals surface area contributed by atoms with Crippen LogP contribution in [0.5, 0.6) is 0 Å². The molecule has 1 aromatic carbocycles. The predicted molar refractivity (Wildman–Crippen MR) is 65.0 cm³/mol. The van der Waals surface area contributed by atoms with Crippen molar-refractivity contribution in [1.82, 2.24) is 14.8 Å². The van der Waals surface area contributed by atoms with Gasteiger partial charge in [0.1, 0.15) is 6.33 Å². The summed E-state index contributed by atoms with van der Waals surface area (Å²) in [5.74, 6) is 0.830. The Morgan fingerprint density at radius 1 is 1.31 bits per heavy atom. The first kappa shape index (κ1) is 10.7. The van der Waals surface area contributed by atoms with Gasteiger partial charge in [-0.1, -0.05) is 11.6 Å². The number of nitrogens with zero attached hydrogens (tertiary/aromatic N) is 3. The van der Waals surface area contributed by atoms with Crippen molar-refractivity contribution in [3.8, 4) is 11.4 Å². The van der Waals surface area contributed by atoms with Gasteiger partial charge in [-0.3, -0.25) is 0 Å². The van der Waals surface area contributed by atoms with Crippen LogP contribution < -0.4 is 5.73 Å². The van der Waals surface area contributed by atoms with Crippen LogP contribution >= 0.6 is 0 Å². The van der Waals surface area contributed by atoms with Gasteiger partial charge >= 0.3 is 0 Å². The lowest BCUT2D eigenvalue weighted by atomic mass is 10.1. The third kappa shape index (κ3) is 1.78. The maximum Gasteiger partial charge on any atom is 0.166 e. The van der Waals surface area contributed by atoms with E-state index >= 15 is 0 Å². The first-order chi connectivity index (χ1) is 7.59. The zero-order chi connectivity index (χ0) is 11.7. The number of nitrogen functional groups attached to an aromatic ring is 1. The molecule has 4 heteroatoms. The number of aromatic nitrogens is 3. The minimum atomic E-state index is 0.324. The summed E-state index contributed by atoms with van der Waals surface area (Å²) in [6, 6.07) is 6.27. The maximum absolute atomic E-state index is 5.97. The van der Waals surface area contributed by atoms with E-state index < -0.39 is 0 Å². The molecular weight excluding hydrogens is 200 g/mol. The van der Waals surface area contributed by atoms with E-state index in [0.29, 0.717) is 6.04 Å². The van der Waals surface area contributed by atoms with Crippen LogP contribution in [0.15, 0.2) is 24.5 Å². The summed E-state index contributed by atoms with van der Waals surface area (Å²) < 4.78 is 2.02. The van der Waals surface area contributed by atoms with Crippen LogP contribution in [0.3, 0.4) is 0 Å². The topological polar surface area (TPSA) is 56.7 Å². The van der Waals surface area contributed by atoms with Crippen molar-refractivity contribution < 1.29 is 0 Å².